The lowest BCUT2D eigenvalue weighted by atomic mass is 9.99. The lowest BCUT2D eigenvalue weighted by Gasteiger charge is -2.29. The number of rotatable bonds is 3. The number of nitrogen functional groups attached to an aromatic ring is 1. The molecule has 1 aliphatic heterocycles. The van der Waals surface area contributed by atoms with Crippen molar-refractivity contribution in [3.63, 3.8) is 0 Å². The molecule has 1 heterocycles. The maximum atomic E-state index is 5.84. The van der Waals surface area contributed by atoms with Gasteiger partial charge in [0.1, 0.15) is 5.75 Å². The van der Waals surface area contributed by atoms with E-state index in [2.05, 4.69) is 29.2 Å². The van der Waals surface area contributed by atoms with Crippen LogP contribution < -0.4 is 10.5 Å². The van der Waals surface area contributed by atoms with Crippen LogP contribution in [-0.4, -0.2) is 18.6 Å². The van der Waals surface area contributed by atoms with Crippen molar-refractivity contribution < 1.29 is 4.74 Å². The Hall–Kier alpha value is -2.00. The summed E-state index contributed by atoms with van der Waals surface area (Å²) in [6.07, 6.45) is 1.10. The normalized spacial score (nSPS) is 14.8. The van der Waals surface area contributed by atoms with Gasteiger partial charge in [0, 0.05) is 25.3 Å². The molecule has 0 spiro atoms. The van der Waals surface area contributed by atoms with Crippen molar-refractivity contribution in [2.45, 2.75) is 19.5 Å². The molecule has 0 saturated heterocycles. The third-order valence-corrected chi connectivity index (χ3v) is 3.86. The summed E-state index contributed by atoms with van der Waals surface area (Å²) in [6, 6.07) is 14.5. The van der Waals surface area contributed by atoms with E-state index in [0.717, 1.165) is 37.5 Å². The Morgan fingerprint density at radius 3 is 2.85 bits per heavy atom. The summed E-state index contributed by atoms with van der Waals surface area (Å²) in [5.41, 5.74) is 10.8. The van der Waals surface area contributed by atoms with Gasteiger partial charge in [-0.05, 0) is 47.4 Å². The molecule has 104 valence electrons. The van der Waals surface area contributed by atoms with Crippen molar-refractivity contribution >= 4 is 5.69 Å². The first-order chi connectivity index (χ1) is 9.74. The monoisotopic (exact) mass is 268 g/mol. The van der Waals surface area contributed by atoms with E-state index in [9.17, 15) is 0 Å². The van der Waals surface area contributed by atoms with Crippen molar-refractivity contribution in [2.24, 2.45) is 0 Å². The summed E-state index contributed by atoms with van der Waals surface area (Å²) in [5.74, 6) is 0.939. The second kappa shape index (κ2) is 5.55. The number of benzene rings is 2. The van der Waals surface area contributed by atoms with Gasteiger partial charge in [-0.3, -0.25) is 4.90 Å². The summed E-state index contributed by atoms with van der Waals surface area (Å²) >= 11 is 0. The molecule has 0 amide bonds. The fraction of sp³-hybridized carbons (Fsp3) is 0.294. The minimum absolute atomic E-state index is 0.835. The lowest BCUT2D eigenvalue weighted by Crippen LogP contribution is -2.30. The smallest absolute Gasteiger partial charge is 0.119 e. The van der Waals surface area contributed by atoms with E-state index < -0.39 is 0 Å². The highest BCUT2D eigenvalue weighted by atomic mass is 16.5. The summed E-state index contributed by atoms with van der Waals surface area (Å²) in [5, 5.41) is 0. The van der Waals surface area contributed by atoms with Crippen LogP contribution in [0.2, 0.25) is 0 Å². The Kier molecular flexibility index (Phi) is 3.61. The molecular formula is C17H20N2O. The summed E-state index contributed by atoms with van der Waals surface area (Å²) in [4.78, 5) is 2.45. The van der Waals surface area contributed by atoms with E-state index in [1.54, 1.807) is 7.11 Å². The Morgan fingerprint density at radius 2 is 2.05 bits per heavy atom. The summed E-state index contributed by atoms with van der Waals surface area (Å²) < 4.78 is 5.31. The van der Waals surface area contributed by atoms with Gasteiger partial charge in [0.2, 0.25) is 0 Å². The van der Waals surface area contributed by atoms with E-state index in [0.29, 0.717) is 0 Å². The Morgan fingerprint density at radius 1 is 1.15 bits per heavy atom. The van der Waals surface area contributed by atoms with Crippen LogP contribution in [0.1, 0.15) is 16.7 Å². The second-order valence-corrected chi connectivity index (χ2v) is 5.34. The zero-order valence-electron chi connectivity index (χ0n) is 11.8. The van der Waals surface area contributed by atoms with Crippen molar-refractivity contribution in [3.05, 3.63) is 59.2 Å². The molecule has 0 fully saturated rings. The molecule has 0 radical (unpaired) electrons. The topological polar surface area (TPSA) is 38.5 Å². The van der Waals surface area contributed by atoms with Gasteiger partial charge >= 0.3 is 0 Å². The second-order valence-electron chi connectivity index (χ2n) is 5.34. The molecule has 2 aromatic carbocycles. The highest BCUT2D eigenvalue weighted by Crippen LogP contribution is 2.24. The number of ether oxygens (including phenoxy) is 1. The lowest BCUT2D eigenvalue weighted by molar-refractivity contribution is 0.245. The maximum absolute atomic E-state index is 5.84. The first-order valence-corrected chi connectivity index (χ1v) is 6.97. The predicted molar refractivity (Wildman–Crippen MR) is 81.7 cm³/mol. The van der Waals surface area contributed by atoms with Crippen LogP contribution in [0.4, 0.5) is 5.69 Å². The molecular weight excluding hydrogens is 248 g/mol. The largest absolute Gasteiger partial charge is 0.497 e. The number of anilines is 1. The zero-order valence-corrected chi connectivity index (χ0v) is 11.8. The third-order valence-electron chi connectivity index (χ3n) is 3.86. The van der Waals surface area contributed by atoms with Crippen LogP contribution in [0.3, 0.4) is 0 Å². The fourth-order valence-corrected chi connectivity index (χ4v) is 2.80. The van der Waals surface area contributed by atoms with Crippen LogP contribution in [0.15, 0.2) is 42.5 Å². The van der Waals surface area contributed by atoms with Crippen LogP contribution in [-0.2, 0) is 19.5 Å². The van der Waals surface area contributed by atoms with Crippen LogP contribution in [0, 0.1) is 0 Å². The molecule has 0 unspecified atom stereocenters. The standard InChI is InChI=1S/C17H20N2O/c1-20-17-6-5-14-7-8-19(12-15(14)10-17)11-13-3-2-4-16(18)9-13/h2-6,9-10H,7-8,11-12,18H2,1H3. The van der Waals surface area contributed by atoms with Gasteiger partial charge < -0.3 is 10.5 Å². The fourth-order valence-electron chi connectivity index (χ4n) is 2.80. The van der Waals surface area contributed by atoms with E-state index in [1.807, 2.05) is 18.2 Å². The molecule has 2 N–H and O–H groups in total. The van der Waals surface area contributed by atoms with E-state index in [1.165, 1.54) is 16.7 Å². The van der Waals surface area contributed by atoms with Crippen molar-refractivity contribution in [2.75, 3.05) is 19.4 Å². The van der Waals surface area contributed by atoms with E-state index in [4.69, 9.17) is 10.5 Å². The zero-order chi connectivity index (χ0) is 13.9. The molecule has 0 aliphatic carbocycles. The van der Waals surface area contributed by atoms with Crippen LogP contribution in [0.5, 0.6) is 5.75 Å². The van der Waals surface area contributed by atoms with Crippen molar-refractivity contribution in [3.8, 4) is 5.75 Å². The van der Waals surface area contributed by atoms with Gasteiger partial charge in [-0.2, -0.15) is 0 Å². The number of methoxy groups -OCH3 is 1. The highest BCUT2D eigenvalue weighted by Gasteiger charge is 2.16. The molecule has 3 nitrogen and oxygen atoms in total. The van der Waals surface area contributed by atoms with E-state index >= 15 is 0 Å². The molecule has 20 heavy (non-hydrogen) atoms. The number of hydrogen-bond acceptors (Lipinski definition) is 3. The van der Waals surface area contributed by atoms with Crippen molar-refractivity contribution in [1.82, 2.24) is 4.90 Å². The molecule has 1 aliphatic rings. The maximum Gasteiger partial charge on any atom is 0.119 e. The minimum atomic E-state index is 0.835. The summed E-state index contributed by atoms with van der Waals surface area (Å²) in [7, 11) is 1.72. The average Bonchev–Trinajstić information content (AvgIpc) is 2.46. The van der Waals surface area contributed by atoms with Crippen LogP contribution >= 0.6 is 0 Å². The predicted octanol–water partition coefficient (Wildman–Crippen LogP) is 2.84. The molecule has 0 saturated carbocycles. The van der Waals surface area contributed by atoms with Gasteiger partial charge in [-0.25, -0.2) is 0 Å². The average molecular weight is 268 g/mol. The summed E-state index contributed by atoms with van der Waals surface area (Å²) in [6.45, 7) is 3.01. The first kappa shape index (κ1) is 13.0. The van der Waals surface area contributed by atoms with Crippen LogP contribution in [0.25, 0.3) is 0 Å². The van der Waals surface area contributed by atoms with E-state index in [-0.39, 0.29) is 0 Å². The Labute approximate surface area is 120 Å². The minimum Gasteiger partial charge on any atom is -0.497 e. The van der Waals surface area contributed by atoms with Gasteiger partial charge in [0.25, 0.3) is 0 Å². The van der Waals surface area contributed by atoms with Crippen molar-refractivity contribution in [1.29, 1.82) is 0 Å². The number of nitrogens with zero attached hydrogens (tertiary/aromatic N) is 1. The molecule has 3 heteroatoms. The van der Waals surface area contributed by atoms with Gasteiger partial charge in [0.15, 0.2) is 0 Å². The quantitative estimate of drug-likeness (QED) is 0.870. The Bertz CT molecular complexity index is 610. The molecule has 0 bridgehead atoms. The third kappa shape index (κ3) is 2.78. The molecule has 0 atom stereocenters. The van der Waals surface area contributed by atoms with Gasteiger partial charge in [-0.15, -0.1) is 0 Å². The number of hydrogen-bond donors (Lipinski definition) is 1. The Balaban J connectivity index is 1.74. The molecule has 3 rings (SSSR count). The first-order valence-electron chi connectivity index (χ1n) is 6.97. The highest BCUT2D eigenvalue weighted by molar-refractivity contribution is 5.41. The van der Waals surface area contributed by atoms with Gasteiger partial charge in [-0.1, -0.05) is 18.2 Å². The SMILES string of the molecule is COc1ccc2c(c1)CN(Cc1cccc(N)c1)CC2. The molecule has 0 aromatic heterocycles. The number of fused-ring (bicyclic) bond motifs is 1. The molecule has 2 aromatic rings. The van der Waals surface area contributed by atoms with Gasteiger partial charge in [0.05, 0.1) is 7.11 Å². The number of nitrogens with two attached hydrogens (primary N) is 1.